The predicted molar refractivity (Wildman–Crippen MR) is 133 cm³/mol. The van der Waals surface area contributed by atoms with Crippen LogP contribution in [0.25, 0.3) is 0 Å². The quantitative estimate of drug-likeness (QED) is 0.0683. The molecule has 212 valence electrons. The smallest absolute Gasteiger partial charge is 0.326 e. The second kappa shape index (κ2) is 18.9. The van der Waals surface area contributed by atoms with Crippen LogP contribution in [-0.4, -0.2) is 83.0 Å². The first-order valence-corrected chi connectivity index (χ1v) is 12.2. The molecule has 0 aliphatic carbocycles. The molecule has 0 bridgehead atoms. The topological polar surface area (TPSA) is 283 Å². The number of unbranched alkanes of at least 4 members (excludes halogenated alkanes) is 2. The van der Waals surface area contributed by atoms with Gasteiger partial charge in [0.2, 0.25) is 23.6 Å². The van der Waals surface area contributed by atoms with Gasteiger partial charge in [0, 0.05) is 12.8 Å². The van der Waals surface area contributed by atoms with Crippen LogP contribution in [0.2, 0.25) is 0 Å². The Labute approximate surface area is 215 Å². The second-order valence-electron chi connectivity index (χ2n) is 8.63. The Morgan fingerprint density at radius 3 is 1.57 bits per heavy atom. The minimum atomic E-state index is -1.49. The van der Waals surface area contributed by atoms with Crippen molar-refractivity contribution in [2.75, 3.05) is 13.1 Å². The fraction of sp³-hybridized carbons (Fsp3) is 0.727. The fourth-order valence-electron chi connectivity index (χ4n) is 3.31. The van der Waals surface area contributed by atoms with Crippen molar-refractivity contribution in [3.05, 3.63) is 0 Å². The molecule has 0 spiro atoms. The molecule has 0 aromatic rings. The van der Waals surface area contributed by atoms with Gasteiger partial charge in [0.15, 0.2) is 0 Å². The lowest BCUT2D eigenvalue weighted by atomic mass is 10.0. The first-order valence-electron chi connectivity index (χ1n) is 12.2. The third-order valence-electron chi connectivity index (χ3n) is 5.46. The number of aliphatic carboxylic acids is 2. The summed E-state index contributed by atoms with van der Waals surface area (Å²) in [6.07, 6.45) is 1.35. The summed E-state index contributed by atoms with van der Waals surface area (Å²) < 4.78 is 0. The lowest BCUT2D eigenvalue weighted by Gasteiger charge is -2.25. The van der Waals surface area contributed by atoms with Gasteiger partial charge in [-0.15, -0.1) is 0 Å². The van der Waals surface area contributed by atoms with E-state index in [-0.39, 0.29) is 25.7 Å². The van der Waals surface area contributed by atoms with Gasteiger partial charge in [-0.2, -0.15) is 0 Å². The highest BCUT2D eigenvalue weighted by molar-refractivity contribution is 5.94. The standard InChI is InChI=1S/C22H41N7O8/c23-11-3-1-5-13(25)19(33)27-15(7-9-17(26)30)21(35)28-14(6-2-4-12-24)20(34)29-16(22(36)37)8-10-18(31)32/h13-16H,1-12,23-25H2,(H2,26,30)(H,27,33)(H,28,35)(H,29,34)(H,31,32)(H,36,37). The molecule has 15 nitrogen and oxygen atoms in total. The largest absolute Gasteiger partial charge is 0.481 e. The maximum absolute atomic E-state index is 13.0. The molecule has 13 N–H and O–H groups in total. The van der Waals surface area contributed by atoms with E-state index in [0.717, 1.165) is 0 Å². The van der Waals surface area contributed by atoms with E-state index in [4.69, 9.17) is 28.0 Å². The van der Waals surface area contributed by atoms with Crippen LogP contribution < -0.4 is 38.9 Å². The highest BCUT2D eigenvalue weighted by atomic mass is 16.4. The number of carbonyl (C=O) groups is 6. The number of amides is 4. The van der Waals surface area contributed by atoms with E-state index in [2.05, 4.69) is 16.0 Å². The number of primary amides is 1. The number of carboxylic acids is 2. The average molecular weight is 532 g/mol. The lowest BCUT2D eigenvalue weighted by Crippen LogP contribution is -2.57. The molecule has 0 heterocycles. The molecular weight excluding hydrogens is 490 g/mol. The van der Waals surface area contributed by atoms with Crippen LogP contribution in [0.15, 0.2) is 0 Å². The maximum atomic E-state index is 13.0. The second-order valence-corrected chi connectivity index (χ2v) is 8.63. The van der Waals surface area contributed by atoms with Gasteiger partial charge in [0.25, 0.3) is 0 Å². The molecule has 4 atom stereocenters. The Morgan fingerprint density at radius 2 is 1.08 bits per heavy atom. The first-order chi connectivity index (χ1) is 17.4. The molecule has 0 aliphatic heterocycles. The van der Waals surface area contributed by atoms with Crippen molar-refractivity contribution >= 4 is 35.6 Å². The molecular formula is C22H41N7O8. The molecule has 4 amide bonds. The van der Waals surface area contributed by atoms with Crippen molar-refractivity contribution < 1.29 is 39.0 Å². The highest BCUT2D eigenvalue weighted by Crippen LogP contribution is 2.07. The number of nitrogens with one attached hydrogen (secondary N) is 3. The minimum absolute atomic E-state index is 0.0924. The maximum Gasteiger partial charge on any atom is 0.326 e. The number of hydrogen-bond donors (Lipinski definition) is 9. The molecule has 0 saturated heterocycles. The van der Waals surface area contributed by atoms with Gasteiger partial charge in [-0.1, -0.05) is 6.42 Å². The lowest BCUT2D eigenvalue weighted by molar-refractivity contribution is -0.143. The molecule has 0 saturated carbocycles. The number of carbonyl (C=O) groups excluding carboxylic acids is 4. The summed E-state index contributed by atoms with van der Waals surface area (Å²) in [5, 5.41) is 25.3. The predicted octanol–water partition coefficient (Wildman–Crippen LogP) is -2.76. The average Bonchev–Trinajstić information content (AvgIpc) is 2.82. The molecule has 0 radical (unpaired) electrons. The summed E-state index contributed by atoms with van der Waals surface area (Å²) in [6.45, 7) is 0.753. The molecule has 0 fully saturated rings. The molecule has 37 heavy (non-hydrogen) atoms. The van der Waals surface area contributed by atoms with Gasteiger partial charge in [0.1, 0.15) is 18.1 Å². The van der Waals surface area contributed by atoms with Crippen LogP contribution in [0.4, 0.5) is 0 Å². The SMILES string of the molecule is NCCCCC(N)C(=O)NC(CCC(N)=O)C(=O)NC(CCCCN)C(=O)NC(CCC(=O)O)C(=O)O. The monoisotopic (exact) mass is 531 g/mol. The summed E-state index contributed by atoms with van der Waals surface area (Å²) in [5.41, 5.74) is 22.0. The van der Waals surface area contributed by atoms with E-state index >= 15 is 0 Å². The van der Waals surface area contributed by atoms with Gasteiger partial charge in [-0.25, -0.2) is 4.79 Å². The van der Waals surface area contributed by atoms with Crippen LogP contribution in [0.3, 0.4) is 0 Å². The Kier molecular flexibility index (Phi) is 17.2. The Morgan fingerprint density at radius 1 is 0.622 bits per heavy atom. The fourth-order valence-corrected chi connectivity index (χ4v) is 3.31. The molecule has 0 aliphatic rings. The highest BCUT2D eigenvalue weighted by Gasteiger charge is 2.30. The molecule has 0 rings (SSSR count). The number of hydrogen-bond acceptors (Lipinski definition) is 9. The van der Waals surface area contributed by atoms with Crippen molar-refractivity contribution in [2.45, 2.75) is 88.4 Å². The van der Waals surface area contributed by atoms with Crippen molar-refractivity contribution in [3.8, 4) is 0 Å². The van der Waals surface area contributed by atoms with Crippen molar-refractivity contribution in [1.82, 2.24) is 16.0 Å². The number of rotatable bonds is 21. The zero-order valence-electron chi connectivity index (χ0n) is 20.9. The van der Waals surface area contributed by atoms with E-state index in [0.29, 0.717) is 45.2 Å². The molecule has 0 aromatic carbocycles. The van der Waals surface area contributed by atoms with Crippen LogP contribution in [0.5, 0.6) is 0 Å². The van der Waals surface area contributed by atoms with E-state index in [1.54, 1.807) is 0 Å². The zero-order valence-corrected chi connectivity index (χ0v) is 20.9. The van der Waals surface area contributed by atoms with Gasteiger partial charge in [-0.3, -0.25) is 24.0 Å². The Balaban J connectivity index is 5.53. The molecule has 0 aromatic heterocycles. The molecule has 4 unspecified atom stereocenters. The summed E-state index contributed by atoms with van der Waals surface area (Å²) in [7, 11) is 0. The van der Waals surface area contributed by atoms with Gasteiger partial charge >= 0.3 is 11.9 Å². The van der Waals surface area contributed by atoms with Crippen LogP contribution in [0, 0.1) is 0 Å². The summed E-state index contributed by atoms with van der Waals surface area (Å²) in [6, 6.07) is -4.87. The van der Waals surface area contributed by atoms with E-state index < -0.39 is 66.2 Å². The number of nitrogens with two attached hydrogens (primary N) is 4. The van der Waals surface area contributed by atoms with Crippen molar-refractivity contribution in [3.63, 3.8) is 0 Å². The van der Waals surface area contributed by atoms with E-state index in [9.17, 15) is 33.9 Å². The van der Waals surface area contributed by atoms with Crippen LogP contribution >= 0.6 is 0 Å². The summed E-state index contributed by atoms with van der Waals surface area (Å²) >= 11 is 0. The van der Waals surface area contributed by atoms with E-state index in [1.807, 2.05) is 0 Å². The van der Waals surface area contributed by atoms with Gasteiger partial charge < -0.3 is 49.1 Å². The van der Waals surface area contributed by atoms with Crippen LogP contribution in [-0.2, 0) is 28.8 Å². The van der Waals surface area contributed by atoms with E-state index in [1.165, 1.54) is 0 Å². The Bertz CT molecular complexity index is 780. The third-order valence-corrected chi connectivity index (χ3v) is 5.46. The summed E-state index contributed by atoms with van der Waals surface area (Å²) in [5.74, 6) is -5.65. The van der Waals surface area contributed by atoms with Gasteiger partial charge in [0.05, 0.1) is 6.04 Å². The van der Waals surface area contributed by atoms with Crippen LogP contribution in [0.1, 0.15) is 64.2 Å². The summed E-state index contributed by atoms with van der Waals surface area (Å²) in [4.78, 5) is 71.9. The van der Waals surface area contributed by atoms with Crippen molar-refractivity contribution in [1.29, 1.82) is 0 Å². The Hall–Kier alpha value is -3.30. The zero-order chi connectivity index (χ0) is 28.4. The normalized spacial score (nSPS) is 14.0. The number of carboxylic acid groups (broad SMARTS) is 2. The first kappa shape index (κ1) is 33.7. The third kappa shape index (κ3) is 15.4. The molecule has 15 heteroatoms. The van der Waals surface area contributed by atoms with Gasteiger partial charge in [-0.05, 0) is 58.0 Å². The minimum Gasteiger partial charge on any atom is -0.481 e. The van der Waals surface area contributed by atoms with Crippen molar-refractivity contribution in [2.24, 2.45) is 22.9 Å².